The molecule has 0 saturated heterocycles. The Labute approximate surface area is 146 Å². The minimum Gasteiger partial charge on any atom is -0.481 e. The molecular weight excluding hydrogens is 323 g/mol. The molecule has 2 N–H and O–H groups in total. The van der Waals surface area contributed by atoms with Crippen molar-refractivity contribution in [2.75, 3.05) is 11.9 Å². The van der Waals surface area contributed by atoms with Crippen molar-refractivity contribution in [3.8, 4) is 5.75 Å². The molecule has 0 saturated carbocycles. The van der Waals surface area contributed by atoms with Crippen LogP contribution >= 0.6 is 0 Å². The number of carbonyl (C=O) groups is 2. The van der Waals surface area contributed by atoms with Crippen molar-refractivity contribution < 1.29 is 18.7 Å². The number of aryl methyl sites for hydroxylation is 1. The van der Waals surface area contributed by atoms with Crippen LogP contribution in [-0.2, 0) is 4.79 Å². The number of benzene rings is 2. The summed E-state index contributed by atoms with van der Waals surface area (Å²) in [6.45, 7) is 5.25. The quantitative estimate of drug-likeness (QED) is 0.845. The molecule has 0 aliphatic rings. The van der Waals surface area contributed by atoms with Gasteiger partial charge in [0.05, 0.1) is 0 Å². The Bertz CT molecular complexity index is 775. The summed E-state index contributed by atoms with van der Waals surface area (Å²) < 4.78 is 18.6. The van der Waals surface area contributed by atoms with Gasteiger partial charge < -0.3 is 15.4 Å². The van der Waals surface area contributed by atoms with Crippen LogP contribution in [-0.4, -0.2) is 24.5 Å². The number of amides is 2. The zero-order chi connectivity index (χ0) is 18.4. The van der Waals surface area contributed by atoms with Gasteiger partial charge in [-0.05, 0) is 56.7 Å². The second kappa shape index (κ2) is 8.28. The summed E-state index contributed by atoms with van der Waals surface area (Å²) in [5.41, 5.74) is 1.84. The highest BCUT2D eigenvalue weighted by molar-refractivity contribution is 5.97. The average molecular weight is 344 g/mol. The maximum atomic E-state index is 13.4. The molecule has 5 nitrogen and oxygen atoms in total. The van der Waals surface area contributed by atoms with Crippen LogP contribution in [0.3, 0.4) is 0 Å². The van der Waals surface area contributed by atoms with Crippen LogP contribution in [0.25, 0.3) is 0 Å². The van der Waals surface area contributed by atoms with Gasteiger partial charge in [-0.2, -0.15) is 0 Å². The Hall–Kier alpha value is -2.89. The lowest BCUT2D eigenvalue weighted by molar-refractivity contribution is -0.118. The number of halogens is 1. The second-order valence-corrected chi connectivity index (χ2v) is 5.93. The van der Waals surface area contributed by atoms with E-state index in [1.165, 1.54) is 12.1 Å². The summed E-state index contributed by atoms with van der Waals surface area (Å²) in [5, 5.41) is 5.50. The summed E-state index contributed by atoms with van der Waals surface area (Å²) in [6, 6.07) is 10.9. The van der Waals surface area contributed by atoms with Crippen LogP contribution in [0.15, 0.2) is 42.5 Å². The largest absolute Gasteiger partial charge is 0.481 e. The van der Waals surface area contributed by atoms with E-state index in [1.54, 1.807) is 37.3 Å². The highest BCUT2D eigenvalue weighted by Gasteiger charge is 2.11. The summed E-state index contributed by atoms with van der Waals surface area (Å²) in [6.07, 6.45) is 0. The van der Waals surface area contributed by atoms with Crippen LogP contribution < -0.4 is 15.4 Å². The molecule has 0 bridgehead atoms. The molecular formula is C19H21FN2O3. The number of carbonyl (C=O) groups excluding carboxylic acids is 2. The van der Waals surface area contributed by atoms with E-state index in [0.29, 0.717) is 11.3 Å². The molecule has 0 heterocycles. The van der Waals surface area contributed by atoms with E-state index in [9.17, 15) is 14.0 Å². The molecule has 2 rings (SSSR count). The highest BCUT2D eigenvalue weighted by atomic mass is 19.1. The number of anilines is 1. The fourth-order valence-electron chi connectivity index (χ4n) is 2.18. The zero-order valence-corrected chi connectivity index (χ0v) is 14.4. The van der Waals surface area contributed by atoms with E-state index in [2.05, 4.69) is 10.6 Å². The van der Waals surface area contributed by atoms with Gasteiger partial charge in [-0.15, -0.1) is 0 Å². The van der Waals surface area contributed by atoms with Crippen molar-refractivity contribution in [3.63, 3.8) is 0 Å². The summed E-state index contributed by atoms with van der Waals surface area (Å²) in [4.78, 5) is 24.0. The highest BCUT2D eigenvalue weighted by Crippen LogP contribution is 2.18. The molecule has 25 heavy (non-hydrogen) atoms. The van der Waals surface area contributed by atoms with Crippen molar-refractivity contribution in [2.24, 2.45) is 0 Å². The Balaban J connectivity index is 1.97. The number of para-hydroxylation sites is 1. The Morgan fingerprint density at radius 1 is 1.16 bits per heavy atom. The minimum absolute atomic E-state index is 0.0232. The van der Waals surface area contributed by atoms with Crippen LogP contribution in [0.2, 0.25) is 0 Å². The summed E-state index contributed by atoms with van der Waals surface area (Å²) >= 11 is 0. The SMILES string of the molecule is Cc1cc(C(=O)NC(C)C)ccc1NC(=O)COc1ccccc1F. The lowest BCUT2D eigenvalue weighted by atomic mass is 10.1. The third-order valence-corrected chi connectivity index (χ3v) is 3.38. The molecule has 132 valence electrons. The molecule has 0 aliphatic heterocycles. The number of nitrogens with one attached hydrogen (secondary N) is 2. The van der Waals surface area contributed by atoms with Crippen molar-refractivity contribution in [2.45, 2.75) is 26.8 Å². The van der Waals surface area contributed by atoms with Gasteiger partial charge in [-0.25, -0.2) is 4.39 Å². The lowest BCUT2D eigenvalue weighted by Gasteiger charge is -2.12. The van der Waals surface area contributed by atoms with Crippen molar-refractivity contribution in [1.82, 2.24) is 5.32 Å². The lowest BCUT2D eigenvalue weighted by Crippen LogP contribution is -2.30. The molecule has 2 amide bonds. The molecule has 2 aromatic carbocycles. The zero-order valence-electron chi connectivity index (χ0n) is 14.4. The molecule has 0 radical (unpaired) electrons. The first-order valence-electron chi connectivity index (χ1n) is 7.95. The van der Waals surface area contributed by atoms with Gasteiger partial charge >= 0.3 is 0 Å². The molecule has 2 aromatic rings. The molecule has 0 atom stereocenters. The molecule has 0 spiro atoms. The van der Waals surface area contributed by atoms with Crippen LogP contribution in [0.5, 0.6) is 5.75 Å². The van der Waals surface area contributed by atoms with Gasteiger partial charge in [0.2, 0.25) is 0 Å². The van der Waals surface area contributed by atoms with Gasteiger partial charge in [-0.3, -0.25) is 9.59 Å². The van der Waals surface area contributed by atoms with E-state index in [0.717, 1.165) is 5.56 Å². The summed E-state index contributed by atoms with van der Waals surface area (Å²) in [5.74, 6) is -1.08. The van der Waals surface area contributed by atoms with Gasteiger partial charge in [0, 0.05) is 17.3 Å². The first-order valence-corrected chi connectivity index (χ1v) is 7.95. The minimum atomic E-state index is -0.521. The topological polar surface area (TPSA) is 67.4 Å². The van der Waals surface area contributed by atoms with Crippen LogP contribution in [0, 0.1) is 12.7 Å². The first-order chi connectivity index (χ1) is 11.9. The van der Waals surface area contributed by atoms with Crippen molar-refractivity contribution >= 4 is 17.5 Å². The maximum Gasteiger partial charge on any atom is 0.262 e. The molecule has 0 aromatic heterocycles. The van der Waals surface area contributed by atoms with Crippen LogP contribution in [0.1, 0.15) is 29.8 Å². The monoisotopic (exact) mass is 344 g/mol. The molecule has 0 unspecified atom stereocenters. The second-order valence-electron chi connectivity index (χ2n) is 5.93. The maximum absolute atomic E-state index is 13.4. The number of hydrogen-bond acceptors (Lipinski definition) is 3. The fourth-order valence-corrected chi connectivity index (χ4v) is 2.18. The van der Waals surface area contributed by atoms with Gasteiger partial charge in [0.25, 0.3) is 11.8 Å². The molecule has 0 aliphatic carbocycles. The Morgan fingerprint density at radius 3 is 2.52 bits per heavy atom. The summed E-state index contributed by atoms with van der Waals surface area (Å²) in [7, 11) is 0. The van der Waals surface area contributed by atoms with Gasteiger partial charge in [0.15, 0.2) is 18.2 Å². The van der Waals surface area contributed by atoms with E-state index in [1.807, 2.05) is 13.8 Å². The normalized spacial score (nSPS) is 10.4. The predicted octanol–water partition coefficient (Wildman–Crippen LogP) is 3.29. The third kappa shape index (κ3) is 5.31. The molecule has 0 fully saturated rings. The molecule has 6 heteroatoms. The average Bonchev–Trinajstić information content (AvgIpc) is 2.55. The van der Waals surface area contributed by atoms with Crippen molar-refractivity contribution in [3.05, 3.63) is 59.4 Å². The third-order valence-electron chi connectivity index (χ3n) is 3.38. The van der Waals surface area contributed by atoms with Gasteiger partial charge in [-0.1, -0.05) is 12.1 Å². The van der Waals surface area contributed by atoms with Crippen molar-refractivity contribution in [1.29, 1.82) is 0 Å². The Kier molecular flexibility index (Phi) is 6.11. The Morgan fingerprint density at radius 2 is 1.88 bits per heavy atom. The van der Waals surface area contributed by atoms with E-state index in [4.69, 9.17) is 4.74 Å². The number of rotatable bonds is 6. The fraction of sp³-hybridized carbons (Fsp3) is 0.263. The predicted molar refractivity (Wildman–Crippen MR) is 94.3 cm³/mol. The number of ether oxygens (including phenoxy) is 1. The van der Waals surface area contributed by atoms with E-state index in [-0.39, 0.29) is 24.3 Å². The van der Waals surface area contributed by atoms with E-state index < -0.39 is 11.7 Å². The van der Waals surface area contributed by atoms with E-state index >= 15 is 0 Å². The standard InChI is InChI=1S/C19H21FN2O3/c1-12(2)21-19(24)14-8-9-16(13(3)10-14)22-18(23)11-25-17-7-5-4-6-15(17)20/h4-10,12H,11H2,1-3H3,(H,21,24)(H,22,23). The van der Waals surface area contributed by atoms with Gasteiger partial charge in [0.1, 0.15) is 0 Å². The first kappa shape index (κ1) is 18.4. The number of hydrogen-bond donors (Lipinski definition) is 2. The van der Waals surface area contributed by atoms with Crippen LogP contribution in [0.4, 0.5) is 10.1 Å². The smallest absolute Gasteiger partial charge is 0.262 e.